The minimum Gasteiger partial charge on any atom is -0.482 e. The molecule has 1 amide bonds. The molecule has 0 spiro atoms. The highest BCUT2D eigenvalue weighted by Gasteiger charge is 2.43. The highest BCUT2D eigenvalue weighted by molar-refractivity contribution is 7.92. The van der Waals surface area contributed by atoms with E-state index in [9.17, 15) is 22.0 Å². The maximum atomic E-state index is 13.8. The largest absolute Gasteiger partial charge is 0.482 e. The number of amides is 1. The molecule has 2 aliphatic heterocycles. The number of ether oxygens (including phenoxy) is 1. The summed E-state index contributed by atoms with van der Waals surface area (Å²) in [5.41, 5.74) is 3.59. The number of rotatable bonds is 8. The number of halogens is 2. The molecule has 0 aromatic carbocycles. The predicted molar refractivity (Wildman–Crippen MR) is 157 cm³/mol. The van der Waals surface area contributed by atoms with Crippen LogP contribution in [0.2, 0.25) is 0 Å². The summed E-state index contributed by atoms with van der Waals surface area (Å²) in [6.07, 6.45) is 3.86. The second kappa shape index (κ2) is 10.2. The van der Waals surface area contributed by atoms with E-state index in [1.54, 1.807) is 25.3 Å². The Morgan fingerprint density at radius 1 is 1.19 bits per heavy atom. The second-order valence-corrected chi connectivity index (χ2v) is 13.7. The Morgan fingerprint density at radius 2 is 1.98 bits per heavy atom. The Balaban J connectivity index is 1.33. The fraction of sp³-hybridized carbons (Fsp3) is 0.483. The number of nitrogens with one attached hydrogen (secondary N) is 1. The fourth-order valence-electron chi connectivity index (χ4n) is 6.51. The van der Waals surface area contributed by atoms with Gasteiger partial charge in [0.2, 0.25) is 10.0 Å². The third-order valence-corrected chi connectivity index (χ3v) is 9.99. The fourth-order valence-corrected chi connectivity index (χ4v) is 7.24. The van der Waals surface area contributed by atoms with E-state index in [0.29, 0.717) is 52.2 Å². The van der Waals surface area contributed by atoms with Crippen LogP contribution in [-0.4, -0.2) is 83.8 Å². The Hall–Kier alpha value is -3.78. The quantitative estimate of drug-likeness (QED) is 0.303. The number of hydrogen-bond acceptors (Lipinski definition) is 7. The molecule has 14 heteroatoms. The molecule has 7 rings (SSSR count). The molecule has 228 valence electrons. The number of fused-ring (bicyclic) bond motifs is 3. The molecule has 11 nitrogen and oxygen atoms in total. The number of anilines is 1. The molecular formula is C29H33F2N7O4S. The van der Waals surface area contributed by atoms with Gasteiger partial charge in [0.25, 0.3) is 5.91 Å². The lowest BCUT2D eigenvalue weighted by atomic mass is 9.82. The number of methoxy groups -OCH3 is 1. The summed E-state index contributed by atoms with van der Waals surface area (Å²) in [5.74, 6) is 1.00. The van der Waals surface area contributed by atoms with Crippen molar-refractivity contribution in [3.63, 3.8) is 0 Å². The smallest absolute Gasteiger partial charge is 0.329 e. The Bertz CT molecular complexity index is 1870. The zero-order valence-corrected chi connectivity index (χ0v) is 24.9. The van der Waals surface area contributed by atoms with Gasteiger partial charge >= 0.3 is 6.55 Å². The van der Waals surface area contributed by atoms with Crippen LogP contribution >= 0.6 is 0 Å². The van der Waals surface area contributed by atoms with Gasteiger partial charge in [-0.2, -0.15) is 13.1 Å². The number of nitrogens with zero attached hydrogens (tertiary/aromatic N) is 6. The van der Waals surface area contributed by atoms with Gasteiger partial charge in [0.1, 0.15) is 22.8 Å². The van der Waals surface area contributed by atoms with Crippen LogP contribution in [0.15, 0.2) is 30.3 Å². The Kier molecular flexibility index (Phi) is 6.61. The zero-order chi connectivity index (χ0) is 30.2. The third-order valence-electron chi connectivity index (χ3n) is 8.93. The summed E-state index contributed by atoms with van der Waals surface area (Å²) in [4.78, 5) is 24.8. The van der Waals surface area contributed by atoms with Crippen LogP contribution in [0.1, 0.15) is 35.3 Å². The van der Waals surface area contributed by atoms with E-state index >= 15 is 0 Å². The maximum Gasteiger partial charge on any atom is 0.329 e. The van der Waals surface area contributed by atoms with Crippen LogP contribution in [0, 0.1) is 18.8 Å². The van der Waals surface area contributed by atoms with Crippen molar-refractivity contribution in [2.75, 3.05) is 37.3 Å². The van der Waals surface area contributed by atoms with Crippen molar-refractivity contribution in [2.45, 2.75) is 45.3 Å². The molecule has 0 radical (unpaired) electrons. The summed E-state index contributed by atoms with van der Waals surface area (Å²) in [5, 5.41) is 4.05. The van der Waals surface area contributed by atoms with Crippen molar-refractivity contribution in [3.05, 3.63) is 41.6 Å². The second-order valence-electron chi connectivity index (χ2n) is 11.8. The molecule has 4 aromatic rings. The van der Waals surface area contributed by atoms with Gasteiger partial charge in [-0.3, -0.25) is 9.20 Å². The number of pyridine rings is 2. The van der Waals surface area contributed by atoms with Crippen LogP contribution < -0.4 is 14.4 Å². The zero-order valence-electron chi connectivity index (χ0n) is 24.1. The van der Waals surface area contributed by atoms with Gasteiger partial charge in [0.15, 0.2) is 5.88 Å². The molecule has 43 heavy (non-hydrogen) atoms. The van der Waals surface area contributed by atoms with Crippen molar-refractivity contribution in [2.24, 2.45) is 11.8 Å². The SMILES string of the molecule is COc1cc(C(=O)N2C[C@@H]3CCNCC32)cc2nc(-c3cc4ccc(N(C(F)F)S(C)(=O)=O)nc4n3CC3CC3)c(C)n12. The number of sulfonamides is 1. The van der Waals surface area contributed by atoms with Crippen LogP contribution in [0.3, 0.4) is 0 Å². The molecular weight excluding hydrogens is 580 g/mol. The molecule has 3 fully saturated rings. The summed E-state index contributed by atoms with van der Waals surface area (Å²) in [6, 6.07) is 8.51. The molecule has 6 heterocycles. The van der Waals surface area contributed by atoms with E-state index in [1.165, 1.54) is 6.07 Å². The first-order valence-electron chi connectivity index (χ1n) is 14.4. The molecule has 2 saturated heterocycles. The molecule has 1 N–H and O–H groups in total. The van der Waals surface area contributed by atoms with Gasteiger partial charge in [-0.05, 0) is 68.8 Å². The average Bonchev–Trinajstić information content (AvgIpc) is 3.62. The molecule has 1 unspecified atom stereocenters. The monoisotopic (exact) mass is 613 g/mol. The third kappa shape index (κ3) is 4.71. The highest BCUT2D eigenvalue weighted by Crippen LogP contribution is 2.38. The van der Waals surface area contributed by atoms with Gasteiger partial charge < -0.3 is 19.5 Å². The van der Waals surface area contributed by atoms with E-state index in [1.807, 2.05) is 26.9 Å². The van der Waals surface area contributed by atoms with Crippen LogP contribution in [0.4, 0.5) is 14.6 Å². The summed E-state index contributed by atoms with van der Waals surface area (Å²) < 4.78 is 61.5. The molecule has 3 aliphatic rings. The molecule has 1 saturated carbocycles. The van der Waals surface area contributed by atoms with Crippen LogP contribution in [0.5, 0.6) is 5.88 Å². The van der Waals surface area contributed by atoms with E-state index in [-0.39, 0.29) is 22.1 Å². The van der Waals surface area contributed by atoms with Gasteiger partial charge in [0.05, 0.1) is 24.8 Å². The normalized spacial score (nSPS) is 20.5. The van der Waals surface area contributed by atoms with Crippen molar-refractivity contribution >= 4 is 38.4 Å². The first-order valence-corrected chi connectivity index (χ1v) is 16.3. The summed E-state index contributed by atoms with van der Waals surface area (Å²) in [7, 11) is -2.71. The lowest BCUT2D eigenvalue weighted by Crippen LogP contribution is -2.65. The first-order chi connectivity index (χ1) is 20.5. The number of carbonyl (C=O) groups excluding carboxylic acids is 1. The minimum absolute atomic E-state index is 0.0316. The van der Waals surface area contributed by atoms with E-state index < -0.39 is 16.6 Å². The number of likely N-dealkylation sites (tertiary alicyclic amines) is 1. The number of carbonyl (C=O) groups is 1. The number of imidazole rings is 1. The summed E-state index contributed by atoms with van der Waals surface area (Å²) >= 11 is 0. The van der Waals surface area contributed by atoms with Gasteiger partial charge in [-0.1, -0.05) is 0 Å². The van der Waals surface area contributed by atoms with E-state index in [0.717, 1.165) is 56.5 Å². The van der Waals surface area contributed by atoms with Crippen molar-refractivity contribution in [1.82, 2.24) is 29.2 Å². The van der Waals surface area contributed by atoms with Crippen molar-refractivity contribution < 1.29 is 26.7 Å². The highest BCUT2D eigenvalue weighted by atomic mass is 32.2. The number of piperidine rings is 1. The number of hydrogen-bond donors (Lipinski definition) is 1. The summed E-state index contributed by atoms with van der Waals surface area (Å²) in [6.45, 7) is 1.75. The number of aromatic nitrogens is 4. The minimum atomic E-state index is -4.26. The average molecular weight is 614 g/mol. The van der Waals surface area contributed by atoms with Gasteiger partial charge in [0, 0.05) is 42.7 Å². The standard InChI is InChI=1S/C29H33F2N7O4S/c1-16-26(33-24-11-20(12-25(42-2)37(16)24)28(39)36-15-19-8-9-32-13-22(19)36)21-10-18-6-7-23(38(29(30)31)43(3,40)41)34-27(18)35(21)14-17-4-5-17/h6-7,10-12,17,19,22,29,32H,4-5,8-9,13-15H2,1-3H3/t19-,22?/m0/s1. The molecule has 1 aliphatic carbocycles. The molecule has 2 atom stereocenters. The van der Waals surface area contributed by atoms with Crippen molar-refractivity contribution in [1.29, 1.82) is 0 Å². The van der Waals surface area contributed by atoms with Gasteiger partial charge in [-0.15, -0.1) is 0 Å². The van der Waals surface area contributed by atoms with Crippen LogP contribution in [0.25, 0.3) is 28.1 Å². The topological polar surface area (TPSA) is 114 Å². The molecule has 0 bridgehead atoms. The maximum absolute atomic E-state index is 13.8. The van der Waals surface area contributed by atoms with Gasteiger partial charge in [-0.25, -0.2) is 18.4 Å². The lowest BCUT2D eigenvalue weighted by molar-refractivity contribution is 0.00278. The number of alkyl halides is 2. The number of aryl methyl sites for hydroxylation is 1. The predicted octanol–water partition coefficient (Wildman–Crippen LogP) is 3.50. The van der Waals surface area contributed by atoms with Crippen molar-refractivity contribution in [3.8, 4) is 17.3 Å². The van der Waals surface area contributed by atoms with Crippen LogP contribution in [-0.2, 0) is 16.6 Å². The van der Waals surface area contributed by atoms with E-state index in [4.69, 9.17) is 9.72 Å². The lowest BCUT2D eigenvalue weighted by Gasteiger charge is -2.51. The first kappa shape index (κ1) is 28.0. The Labute approximate surface area is 247 Å². The van der Waals surface area contributed by atoms with E-state index in [2.05, 4.69) is 10.3 Å². The Morgan fingerprint density at radius 3 is 2.65 bits per heavy atom. The molecule has 4 aromatic heterocycles.